The molecule has 0 aliphatic rings. The van der Waals surface area contributed by atoms with Crippen molar-refractivity contribution < 1.29 is 8.42 Å². The Morgan fingerprint density at radius 1 is 1.06 bits per heavy atom. The molecule has 1 aromatic carbocycles. The van der Waals surface area contributed by atoms with Crippen molar-refractivity contribution in [3.05, 3.63) is 81.3 Å². The van der Waals surface area contributed by atoms with Crippen molar-refractivity contribution in [2.24, 2.45) is 7.05 Å². The SMILES string of the molecule is CCCn1c(=O)n(C)c(=O)c2[nH]c(-c3ccc(S(=O)(=O)NCc4ccncc4)cc3)cc21. The van der Waals surface area contributed by atoms with E-state index in [1.54, 1.807) is 47.3 Å². The fourth-order valence-electron chi connectivity index (χ4n) is 3.53. The molecule has 0 atom stereocenters. The van der Waals surface area contributed by atoms with Crippen molar-refractivity contribution in [2.75, 3.05) is 0 Å². The number of benzene rings is 1. The van der Waals surface area contributed by atoms with Crippen molar-refractivity contribution in [1.29, 1.82) is 0 Å². The van der Waals surface area contributed by atoms with Crippen LogP contribution in [0.4, 0.5) is 0 Å². The van der Waals surface area contributed by atoms with Crippen LogP contribution >= 0.6 is 0 Å². The molecule has 0 aliphatic heterocycles. The summed E-state index contributed by atoms with van der Waals surface area (Å²) >= 11 is 0. The van der Waals surface area contributed by atoms with Crippen LogP contribution in [-0.2, 0) is 30.2 Å². The number of sulfonamides is 1. The number of pyridine rings is 1. The summed E-state index contributed by atoms with van der Waals surface area (Å²) in [6, 6.07) is 11.6. The van der Waals surface area contributed by atoms with Gasteiger partial charge < -0.3 is 4.98 Å². The molecular formula is C22H23N5O4S. The van der Waals surface area contributed by atoms with Gasteiger partial charge in [0.25, 0.3) is 5.56 Å². The highest BCUT2D eigenvalue weighted by molar-refractivity contribution is 7.89. The van der Waals surface area contributed by atoms with Crippen LogP contribution in [0.25, 0.3) is 22.3 Å². The lowest BCUT2D eigenvalue weighted by molar-refractivity contribution is 0.581. The number of H-pyrrole nitrogens is 1. The smallest absolute Gasteiger partial charge is 0.331 e. The van der Waals surface area contributed by atoms with Crippen LogP contribution in [-0.4, -0.2) is 27.5 Å². The summed E-state index contributed by atoms with van der Waals surface area (Å²) in [7, 11) is -2.24. The maximum atomic E-state index is 12.6. The molecule has 0 spiro atoms. The fourth-order valence-corrected chi connectivity index (χ4v) is 4.55. The van der Waals surface area contributed by atoms with E-state index >= 15 is 0 Å². The molecule has 0 radical (unpaired) electrons. The number of hydrogen-bond donors (Lipinski definition) is 2. The molecule has 0 bridgehead atoms. The van der Waals surface area contributed by atoms with Crippen LogP contribution in [0, 0.1) is 0 Å². The Kier molecular flexibility index (Phi) is 5.81. The quantitative estimate of drug-likeness (QED) is 0.444. The first kappa shape index (κ1) is 21.7. The van der Waals surface area contributed by atoms with Gasteiger partial charge in [-0.05, 0) is 47.9 Å². The van der Waals surface area contributed by atoms with Gasteiger partial charge in [0, 0.05) is 38.2 Å². The van der Waals surface area contributed by atoms with Crippen molar-refractivity contribution in [1.82, 2.24) is 23.8 Å². The average Bonchev–Trinajstić information content (AvgIpc) is 3.25. The molecule has 32 heavy (non-hydrogen) atoms. The first-order chi connectivity index (χ1) is 15.3. The van der Waals surface area contributed by atoms with E-state index in [9.17, 15) is 18.0 Å². The van der Waals surface area contributed by atoms with E-state index in [4.69, 9.17) is 0 Å². The third kappa shape index (κ3) is 4.02. The van der Waals surface area contributed by atoms with Crippen molar-refractivity contribution in [3.63, 3.8) is 0 Å². The topological polar surface area (TPSA) is 119 Å². The zero-order chi connectivity index (χ0) is 22.9. The van der Waals surface area contributed by atoms with Crippen molar-refractivity contribution in [2.45, 2.75) is 31.3 Å². The molecule has 0 saturated heterocycles. The molecule has 0 aliphatic carbocycles. The van der Waals surface area contributed by atoms with Gasteiger partial charge in [-0.15, -0.1) is 0 Å². The molecule has 3 aromatic heterocycles. The van der Waals surface area contributed by atoms with Crippen LogP contribution in [0.2, 0.25) is 0 Å². The lowest BCUT2D eigenvalue weighted by Crippen LogP contribution is -2.38. The van der Waals surface area contributed by atoms with E-state index in [0.29, 0.717) is 28.8 Å². The lowest BCUT2D eigenvalue weighted by Gasteiger charge is -2.07. The van der Waals surface area contributed by atoms with Gasteiger partial charge >= 0.3 is 5.69 Å². The molecule has 166 valence electrons. The second kappa shape index (κ2) is 8.56. The van der Waals surface area contributed by atoms with E-state index < -0.39 is 15.6 Å². The van der Waals surface area contributed by atoms with Crippen LogP contribution in [0.1, 0.15) is 18.9 Å². The van der Waals surface area contributed by atoms with Crippen molar-refractivity contribution >= 4 is 21.1 Å². The van der Waals surface area contributed by atoms with E-state index in [0.717, 1.165) is 16.6 Å². The Morgan fingerprint density at radius 3 is 2.41 bits per heavy atom. The monoisotopic (exact) mass is 453 g/mol. The Balaban J connectivity index is 1.65. The Bertz CT molecular complexity index is 1480. The number of hydrogen-bond acceptors (Lipinski definition) is 5. The molecule has 10 heteroatoms. The minimum absolute atomic E-state index is 0.130. The second-order valence-corrected chi connectivity index (χ2v) is 9.21. The largest absolute Gasteiger partial charge is 0.349 e. The van der Waals surface area contributed by atoms with E-state index in [2.05, 4.69) is 14.7 Å². The Labute approximate surface area is 184 Å². The normalized spacial score (nSPS) is 11.8. The number of aryl methyl sites for hydroxylation is 1. The zero-order valence-corrected chi connectivity index (χ0v) is 18.5. The van der Waals surface area contributed by atoms with Crippen LogP contribution in [0.5, 0.6) is 0 Å². The molecule has 9 nitrogen and oxygen atoms in total. The molecule has 3 heterocycles. The standard InChI is InChI=1S/C22H23N5O4S/c1-3-12-27-19-13-18(25-20(19)21(28)26(2)22(27)29)16-4-6-17(7-5-16)32(30,31)24-14-15-8-10-23-11-9-15/h4-11,13,24-25H,3,12,14H2,1-2H3. The fraction of sp³-hybridized carbons (Fsp3) is 0.227. The Hall–Kier alpha value is -3.50. The summed E-state index contributed by atoms with van der Waals surface area (Å²) in [5, 5.41) is 0. The van der Waals surface area contributed by atoms with Crippen LogP contribution in [0.3, 0.4) is 0 Å². The van der Waals surface area contributed by atoms with E-state index in [1.165, 1.54) is 19.2 Å². The zero-order valence-electron chi connectivity index (χ0n) is 17.7. The molecule has 0 saturated carbocycles. The molecule has 4 rings (SSSR count). The van der Waals surface area contributed by atoms with Gasteiger partial charge in [-0.25, -0.2) is 17.9 Å². The van der Waals surface area contributed by atoms with Gasteiger partial charge in [0.1, 0.15) is 5.52 Å². The molecular weight excluding hydrogens is 430 g/mol. The van der Waals surface area contributed by atoms with Gasteiger partial charge in [-0.2, -0.15) is 0 Å². The summed E-state index contributed by atoms with van der Waals surface area (Å²) in [6.45, 7) is 2.60. The first-order valence-electron chi connectivity index (χ1n) is 10.1. The predicted molar refractivity (Wildman–Crippen MR) is 122 cm³/mol. The van der Waals surface area contributed by atoms with Gasteiger partial charge in [-0.3, -0.25) is 18.9 Å². The van der Waals surface area contributed by atoms with Gasteiger partial charge in [0.15, 0.2) is 0 Å². The number of rotatable bonds is 7. The first-order valence-corrected chi connectivity index (χ1v) is 11.6. The maximum absolute atomic E-state index is 12.6. The highest BCUT2D eigenvalue weighted by Gasteiger charge is 2.16. The summed E-state index contributed by atoms with van der Waals surface area (Å²) in [5.41, 5.74) is 2.24. The molecule has 2 N–H and O–H groups in total. The lowest BCUT2D eigenvalue weighted by atomic mass is 10.1. The highest BCUT2D eigenvalue weighted by atomic mass is 32.2. The van der Waals surface area contributed by atoms with Gasteiger partial charge in [-0.1, -0.05) is 19.1 Å². The number of aromatic nitrogens is 4. The van der Waals surface area contributed by atoms with Crippen molar-refractivity contribution in [3.8, 4) is 11.3 Å². The molecule has 0 unspecified atom stereocenters. The molecule has 0 fully saturated rings. The highest BCUT2D eigenvalue weighted by Crippen LogP contribution is 2.24. The summed E-state index contributed by atoms with van der Waals surface area (Å²) < 4.78 is 30.4. The Morgan fingerprint density at radius 2 is 1.75 bits per heavy atom. The third-order valence-electron chi connectivity index (χ3n) is 5.26. The summed E-state index contributed by atoms with van der Waals surface area (Å²) in [4.78, 5) is 32.2. The van der Waals surface area contributed by atoms with Crippen LogP contribution in [0.15, 0.2) is 69.3 Å². The third-order valence-corrected chi connectivity index (χ3v) is 6.68. The summed E-state index contributed by atoms with van der Waals surface area (Å²) in [6.07, 6.45) is 3.95. The number of nitrogens with zero attached hydrogens (tertiary/aromatic N) is 3. The molecule has 4 aromatic rings. The molecule has 0 amide bonds. The van der Waals surface area contributed by atoms with E-state index in [1.807, 2.05) is 6.92 Å². The maximum Gasteiger partial charge on any atom is 0.331 e. The van der Waals surface area contributed by atoms with Gasteiger partial charge in [0.2, 0.25) is 10.0 Å². The average molecular weight is 454 g/mol. The number of fused-ring (bicyclic) bond motifs is 1. The number of nitrogens with one attached hydrogen (secondary N) is 2. The summed E-state index contributed by atoms with van der Waals surface area (Å²) in [5.74, 6) is 0. The number of aromatic amines is 1. The minimum atomic E-state index is -3.69. The predicted octanol–water partition coefficient (Wildman–Crippen LogP) is 1.98. The van der Waals surface area contributed by atoms with Gasteiger partial charge in [0.05, 0.1) is 10.4 Å². The van der Waals surface area contributed by atoms with E-state index in [-0.39, 0.29) is 17.1 Å². The van der Waals surface area contributed by atoms with Crippen LogP contribution < -0.4 is 16.0 Å². The second-order valence-electron chi connectivity index (χ2n) is 7.45. The minimum Gasteiger partial charge on any atom is -0.349 e.